The van der Waals surface area contributed by atoms with Crippen molar-refractivity contribution in [3.8, 4) is 0 Å². The third-order valence-electron chi connectivity index (χ3n) is 2.56. The molecule has 0 saturated heterocycles. The van der Waals surface area contributed by atoms with E-state index in [1.54, 1.807) is 11.3 Å². The number of aromatic nitrogens is 1. The topological polar surface area (TPSA) is 45.4 Å². The predicted molar refractivity (Wildman–Crippen MR) is 74.1 cm³/mol. The summed E-state index contributed by atoms with van der Waals surface area (Å²) in [7, 11) is 4.22. The van der Waals surface area contributed by atoms with Crippen LogP contribution < -0.4 is 5.73 Å². The van der Waals surface area contributed by atoms with Crippen LogP contribution in [-0.4, -0.2) is 48.5 Å². The second-order valence-corrected chi connectivity index (χ2v) is 5.46. The van der Waals surface area contributed by atoms with Crippen molar-refractivity contribution < 1.29 is 0 Å². The van der Waals surface area contributed by atoms with Crippen LogP contribution in [0.2, 0.25) is 0 Å². The molecule has 0 spiro atoms. The van der Waals surface area contributed by atoms with Gasteiger partial charge in [-0.2, -0.15) is 0 Å². The van der Waals surface area contributed by atoms with Crippen LogP contribution in [0.1, 0.15) is 24.0 Å². The number of thiazole rings is 1. The molecule has 0 bridgehead atoms. The van der Waals surface area contributed by atoms with Gasteiger partial charge < -0.3 is 10.6 Å². The molecule has 17 heavy (non-hydrogen) atoms. The highest BCUT2D eigenvalue weighted by Crippen LogP contribution is 2.11. The molecule has 0 amide bonds. The van der Waals surface area contributed by atoms with Crippen LogP contribution >= 0.6 is 11.3 Å². The molecule has 0 aliphatic heterocycles. The average molecular weight is 256 g/mol. The van der Waals surface area contributed by atoms with Crippen LogP contribution in [0, 0.1) is 0 Å². The number of nitrogens with two attached hydrogens (primary N) is 1. The summed E-state index contributed by atoms with van der Waals surface area (Å²) in [4.78, 5) is 9.19. The van der Waals surface area contributed by atoms with E-state index in [1.165, 1.54) is 6.42 Å². The molecule has 4 nitrogen and oxygen atoms in total. The second-order valence-electron chi connectivity index (χ2n) is 4.52. The molecule has 0 aliphatic carbocycles. The highest BCUT2D eigenvalue weighted by Gasteiger charge is 2.08. The van der Waals surface area contributed by atoms with E-state index in [0.717, 1.165) is 36.9 Å². The Balaban J connectivity index is 2.47. The van der Waals surface area contributed by atoms with Gasteiger partial charge in [0.1, 0.15) is 5.01 Å². The zero-order chi connectivity index (χ0) is 12.7. The first kappa shape index (κ1) is 14.6. The van der Waals surface area contributed by atoms with Crippen molar-refractivity contribution >= 4 is 11.3 Å². The SMILES string of the molecule is CCCN(CCN(C)C)Cc1csc(CN)n1. The van der Waals surface area contributed by atoms with Gasteiger partial charge in [-0.05, 0) is 27.1 Å². The van der Waals surface area contributed by atoms with Gasteiger partial charge >= 0.3 is 0 Å². The molecule has 1 heterocycles. The number of hydrogen-bond acceptors (Lipinski definition) is 5. The Hall–Kier alpha value is -0.490. The molecule has 5 heteroatoms. The first-order valence-corrected chi connectivity index (χ1v) is 7.04. The zero-order valence-electron chi connectivity index (χ0n) is 11.1. The monoisotopic (exact) mass is 256 g/mol. The Kier molecular flexibility index (Phi) is 6.65. The van der Waals surface area contributed by atoms with Gasteiger partial charge in [0, 0.05) is 31.6 Å². The van der Waals surface area contributed by atoms with E-state index in [2.05, 4.69) is 41.2 Å². The van der Waals surface area contributed by atoms with Gasteiger partial charge in [-0.3, -0.25) is 4.90 Å². The Morgan fingerprint density at radius 3 is 2.59 bits per heavy atom. The molecular weight excluding hydrogens is 232 g/mol. The molecule has 0 saturated carbocycles. The maximum Gasteiger partial charge on any atom is 0.106 e. The Labute approximate surface area is 108 Å². The fourth-order valence-corrected chi connectivity index (χ4v) is 2.34. The minimum Gasteiger partial charge on any atom is -0.325 e. The highest BCUT2D eigenvalue weighted by atomic mass is 32.1. The molecule has 98 valence electrons. The smallest absolute Gasteiger partial charge is 0.106 e. The van der Waals surface area contributed by atoms with Gasteiger partial charge in [0.2, 0.25) is 0 Å². The van der Waals surface area contributed by atoms with Crippen molar-refractivity contribution in [3.05, 3.63) is 16.1 Å². The molecule has 0 aliphatic rings. The van der Waals surface area contributed by atoms with Crippen LogP contribution in [0.4, 0.5) is 0 Å². The summed E-state index contributed by atoms with van der Waals surface area (Å²) in [5.41, 5.74) is 6.73. The third kappa shape index (κ3) is 5.59. The van der Waals surface area contributed by atoms with Gasteiger partial charge in [0.25, 0.3) is 0 Å². The Morgan fingerprint density at radius 1 is 1.29 bits per heavy atom. The van der Waals surface area contributed by atoms with Crippen LogP contribution in [0.15, 0.2) is 5.38 Å². The number of rotatable bonds is 8. The lowest BCUT2D eigenvalue weighted by molar-refractivity contribution is 0.232. The fourth-order valence-electron chi connectivity index (χ4n) is 1.67. The van der Waals surface area contributed by atoms with Crippen molar-refractivity contribution in [2.24, 2.45) is 5.73 Å². The maximum absolute atomic E-state index is 5.58. The van der Waals surface area contributed by atoms with Crippen molar-refractivity contribution in [1.29, 1.82) is 0 Å². The number of nitrogens with zero attached hydrogens (tertiary/aromatic N) is 3. The van der Waals surface area contributed by atoms with Gasteiger partial charge in [0.05, 0.1) is 5.69 Å². The van der Waals surface area contributed by atoms with Crippen molar-refractivity contribution in [2.45, 2.75) is 26.4 Å². The molecule has 1 aromatic heterocycles. The van der Waals surface area contributed by atoms with E-state index >= 15 is 0 Å². The Bertz CT molecular complexity index is 311. The van der Waals surface area contributed by atoms with Crippen LogP contribution in [0.3, 0.4) is 0 Å². The largest absolute Gasteiger partial charge is 0.325 e. The van der Waals surface area contributed by atoms with Crippen LogP contribution in [-0.2, 0) is 13.1 Å². The molecule has 1 rings (SSSR count). The average Bonchev–Trinajstić information content (AvgIpc) is 2.74. The highest BCUT2D eigenvalue weighted by molar-refractivity contribution is 7.09. The number of likely N-dealkylation sites (N-methyl/N-ethyl adjacent to an activating group) is 1. The first-order chi connectivity index (χ1) is 8.15. The Morgan fingerprint density at radius 2 is 2.06 bits per heavy atom. The normalized spacial score (nSPS) is 11.6. The first-order valence-electron chi connectivity index (χ1n) is 6.16. The molecule has 0 aromatic carbocycles. The van der Waals surface area contributed by atoms with E-state index in [4.69, 9.17) is 5.73 Å². The fraction of sp³-hybridized carbons (Fsp3) is 0.750. The standard InChI is InChI=1S/C12H24N4S/c1-4-5-16(7-6-15(2)3)9-11-10-17-12(8-13)14-11/h10H,4-9,13H2,1-3H3. The molecule has 0 radical (unpaired) electrons. The molecular formula is C12H24N4S. The molecule has 0 fully saturated rings. The van der Waals surface area contributed by atoms with Gasteiger partial charge in [0.15, 0.2) is 0 Å². The summed E-state index contributed by atoms with van der Waals surface area (Å²) in [6, 6.07) is 0. The van der Waals surface area contributed by atoms with Crippen molar-refractivity contribution in [1.82, 2.24) is 14.8 Å². The van der Waals surface area contributed by atoms with E-state index in [1.807, 2.05) is 0 Å². The lowest BCUT2D eigenvalue weighted by atomic mass is 10.3. The molecule has 0 atom stereocenters. The summed E-state index contributed by atoms with van der Waals surface area (Å²) in [5.74, 6) is 0. The van der Waals surface area contributed by atoms with E-state index in [9.17, 15) is 0 Å². The molecule has 1 aromatic rings. The van der Waals surface area contributed by atoms with E-state index < -0.39 is 0 Å². The van der Waals surface area contributed by atoms with Gasteiger partial charge in [-0.15, -0.1) is 11.3 Å². The molecule has 2 N–H and O–H groups in total. The van der Waals surface area contributed by atoms with Gasteiger partial charge in [-0.25, -0.2) is 4.98 Å². The van der Waals surface area contributed by atoms with Crippen molar-refractivity contribution in [2.75, 3.05) is 33.7 Å². The van der Waals surface area contributed by atoms with Gasteiger partial charge in [-0.1, -0.05) is 6.92 Å². The second kappa shape index (κ2) is 7.76. The number of hydrogen-bond donors (Lipinski definition) is 1. The summed E-state index contributed by atoms with van der Waals surface area (Å²) in [6.07, 6.45) is 1.18. The summed E-state index contributed by atoms with van der Waals surface area (Å²) < 4.78 is 0. The quantitative estimate of drug-likeness (QED) is 0.763. The van der Waals surface area contributed by atoms with Crippen LogP contribution in [0.5, 0.6) is 0 Å². The summed E-state index contributed by atoms with van der Waals surface area (Å²) in [5, 5.41) is 3.16. The zero-order valence-corrected chi connectivity index (χ0v) is 12.0. The maximum atomic E-state index is 5.58. The summed E-state index contributed by atoms with van der Waals surface area (Å²) in [6.45, 7) is 7.02. The molecule has 0 unspecified atom stereocenters. The lowest BCUT2D eigenvalue weighted by Crippen LogP contribution is -2.32. The van der Waals surface area contributed by atoms with E-state index in [-0.39, 0.29) is 0 Å². The third-order valence-corrected chi connectivity index (χ3v) is 3.48. The van der Waals surface area contributed by atoms with Crippen molar-refractivity contribution in [3.63, 3.8) is 0 Å². The lowest BCUT2D eigenvalue weighted by Gasteiger charge is -2.22. The minimum absolute atomic E-state index is 0.552. The van der Waals surface area contributed by atoms with E-state index in [0.29, 0.717) is 6.54 Å². The van der Waals surface area contributed by atoms with Crippen LogP contribution in [0.25, 0.3) is 0 Å². The summed E-state index contributed by atoms with van der Waals surface area (Å²) >= 11 is 1.66. The predicted octanol–water partition coefficient (Wildman–Crippen LogP) is 1.38. The minimum atomic E-state index is 0.552.